The zero-order chi connectivity index (χ0) is 27.0. The summed E-state index contributed by atoms with van der Waals surface area (Å²) < 4.78 is 0. The molecule has 3 nitrogen and oxygen atoms in total. The summed E-state index contributed by atoms with van der Waals surface area (Å²) in [6, 6.07) is 4.02. The molecule has 0 heterocycles. The second kappa shape index (κ2) is 11.3. The molecule has 0 aliphatic heterocycles. The van der Waals surface area contributed by atoms with Crippen molar-refractivity contribution in [1.82, 2.24) is 0 Å². The predicted molar refractivity (Wildman–Crippen MR) is 154 cm³/mol. The molecule has 4 unspecified atom stereocenters. The van der Waals surface area contributed by atoms with E-state index in [1.165, 1.54) is 5.57 Å². The van der Waals surface area contributed by atoms with E-state index in [2.05, 4.69) is 45.1 Å². The van der Waals surface area contributed by atoms with E-state index in [9.17, 15) is 14.4 Å². The number of benzene rings is 1. The summed E-state index contributed by atoms with van der Waals surface area (Å²) in [7, 11) is 0. The van der Waals surface area contributed by atoms with Crippen LogP contribution in [-0.2, 0) is 16.0 Å². The van der Waals surface area contributed by atoms with Crippen molar-refractivity contribution in [3.05, 3.63) is 64.3 Å². The van der Waals surface area contributed by atoms with Crippen molar-refractivity contribution in [2.75, 3.05) is 0 Å². The van der Waals surface area contributed by atoms with Crippen molar-refractivity contribution in [2.24, 2.45) is 35.5 Å². The van der Waals surface area contributed by atoms with Crippen LogP contribution in [0.15, 0.2) is 42.0 Å². The smallest absolute Gasteiger partial charge is 0.229 e. The molecule has 0 radical (unpaired) electrons. The Labute approximate surface area is 228 Å². The number of carbonyl (C=O) groups excluding carboxylic acids is 3. The average Bonchev–Trinajstić information content (AvgIpc) is 3.33. The fourth-order valence-corrected chi connectivity index (χ4v) is 7.45. The van der Waals surface area contributed by atoms with Gasteiger partial charge in [-0.05, 0) is 98.3 Å². The molecule has 0 amide bonds. The molecule has 4 aliphatic carbocycles. The quantitative estimate of drug-likeness (QED) is 0.274. The highest BCUT2D eigenvalue weighted by atomic mass is 16.2. The lowest BCUT2D eigenvalue weighted by Crippen LogP contribution is -2.34. The lowest BCUT2D eigenvalue weighted by atomic mass is 9.65. The number of aryl methyl sites for hydroxylation is 1. The van der Waals surface area contributed by atoms with Crippen LogP contribution >= 0.6 is 0 Å². The van der Waals surface area contributed by atoms with E-state index in [0.29, 0.717) is 35.7 Å². The average molecular weight is 513 g/mol. The maximum absolute atomic E-state index is 14.0. The van der Waals surface area contributed by atoms with Gasteiger partial charge in [-0.1, -0.05) is 76.0 Å². The molecule has 5 rings (SSSR count). The van der Waals surface area contributed by atoms with Gasteiger partial charge < -0.3 is 0 Å². The standard InChI is InChI=1S/C35H44O3/c1-21-10-12-25(13-11-21)19-28-17-24(4)30(18-22(28)2)34(37)31-20-32-27(16-23(31)3)14-15-29(32)35(38)33(36)26-8-6-5-7-9-26/h10,12-13,15-16,20-22,24,26,28,30H,5-9,11,14,17-19H2,1-4H3/t21?,22?,24-,28?,30?/m1/s1. The number of fused-ring (bicyclic) bond motifs is 1. The Hall–Kier alpha value is -2.55. The van der Waals surface area contributed by atoms with E-state index in [4.69, 9.17) is 0 Å². The second-order valence-corrected chi connectivity index (χ2v) is 12.9. The topological polar surface area (TPSA) is 51.2 Å². The van der Waals surface area contributed by atoms with Crippen LogP contribution in [0.5, 0.6) is 0 Å². The summed E-state index contributed by atoms with van der Waals surface area (Å²) in [6.07, 6.45) is 18.7. The van der Waals surface area contributed by atoms with Crippen LogP contribution < -0.4 is 0 Å². The molecule has 3 heteroatoms. The molecule has 2 fully saturated rings. The van der Waals surface area contributed by atoms with E-state index in [-0.39, 0.29) is 29.2 Å². The molecular formula is C35H44O3. The summed E-state index contributed by atoms with van der Waals surface area (Å²) in [5, 5.41) is 0. The third-order valence-corrected chi connectivity index (χ3v) is 9.99. The minimum Gasteiger partial charge on any atom is -0.294 e. The van der Waals surface area contributed by atoms with Gasteiger partial charge in [0.2, 0.25) is 11.6 Å². The van der Waals surface area contributed by atoms with E-state index in [1.54, 1.807) is 0 Å². The van der Waals surface area contributed by atoms with Gasteiger partial charge in [-0.25, -0.2) is 0 Å². The SMILES string of the molecule is Cc1cc2c(cc1C(=O)C1CC(C)C(CC3=CCC(C)C=C3)C[C@H]1C)C(C(=O)C(=O)C1CCCCC1)=CC2. The molecule has 4 aliphatic rings. The maximum atomic E-state index is 14.0. The van der Waals surface area contributed by atoms with Crippen LogP contribution in [0.3, 0.4) is 0 Å². The van der Waals surface area contributed by atoms with Gasteiger partial charge in [-0.2, -0.15) is 0 Å². The van der Waals surface area contributed by atoms with Crippen LogP contribution in [-0.4, -0.2) is 17.3 Å². The fraction of sp³-hybridized carbons (Fsp3) is 0.571. The first-order valence-corrected chi connectivity index (χ1v) is 15.1. The van der Waals surface area contributed by atoms with E-state index in [1.807, 2.05) is 19.1 Å². The molecule has 202 valence electrons. The zero-order valence-corrected chi connectivity index (χ0v) is 23.7. The number of rotatable bonds is 7. The Morgan fingerprint density at radius 2 is 1.68 bits per heavy atom. The minimum atomic E-state index is -0.346. The van der Waals surface area contributed by atoms with Crippen molar-refractivity contribution < 1.29 is 14.4 Å². The molecule has 38 heavy (non-hydrogen) atoms. The molecule has 2 saturated carbocycles. The Kier molecular flexibility index (Phi) is 8.03. The number of carbonyl (C=O) groups is 3. The van der Waals surface area contributed by atoms with Crippen molar-refractivity contribution in [3.8, 4) is 0 Å². The van der Waals surface area contributed by atoms with E-state index < -0.39 is 0 Å². The normalized spacial score (nSPS) is 29.4. The van der Waals surface area contributed by atoms with Crippen LogP contribution in [0.25, 0.3) is 5.57 Å². The first kappa shape index (κ1) is 27.0. The van der Waals surface area contributed by atoms with Crippen LogP contribution in [0.1, 0.15) is 106 Å². The summed E-state index contributed by atoms with van der Waals surface area (Å²) in [6.45, 7) is 8.84. The highest BCUT2D eigenvalue weighted by Crippen LogP contribution is 2.43. The van der Waals surface area contributed by atoms with Crippen molar-refractivity contribution >= 4 is 22.9 Å². The lowest BCUT2D eigenvalue weighted by Gasteiger charge is -2.39. The van der Waals surface area contributed by atoms with Crippen LogP contribution in [0, 0.1) is 42.4 Å². The van der Waals surface area contributed by atoms with Gasteiger partial charge in [0.1, 0.15) is 0 Å². The summed E-state index contributed by atoms with van der Waals surface area (Å²) >= 11 is 0. The van der Waals surface area contributed by atoms with Crippen LogP contribution in [0.4, 0.5) is 0 Å². The molecule has 0 saturated heterocycles. The van der Waals surface area contributed by atoms with Gasteiger partial charge >= 0.3 is 0 Å². The van der Waals surface area contributed by atoms with Gasteiger partial charge in [0.15, 0.2) is 5.78 Å². The van der Waals surface area contributed by atoms with E-state index >= 15 is 0 Å². The van der Waals surface area contributed by atoms with Gasteiger partial charge in [-0.15, -0.1) is 0 Å². The van der Waals surface area contributed by atoms with Crippen molar-refractivity contribution in [3.63, 3.8) is 0 Å². The lowest BCUT2D eigenvalue weighted by molar-refractivity contribution is -0.136. The molecule has 0 spiro atoms. The predicted octanol–water partition coefficient (Wildman–Crippen LogP) is 8.05. The Bertz CT molecular complexity index is 1210. The molecule has 5 atom stereocenters. The third kappa shape index (κ3) is 5.44. The van der Waals surface area contributed by atoms with Crippen molar-refractivity contribution in [2.45, 2.75) is 91.9 Å². The van der Waals surface area contributed by atoms with Crippen molar-refractivity contribution in [1.29, 1.82) is 0 Å². The highest BCUT2D eigenvalue weighted by molar-refractivity contribution is 6.54. The molecule has 0 aromatic heterocycles. The molecule has 1 aromatic rings. The monoisotopic (exact) mass is 512 g/mol. The second-order valence-electron chi connectivity index (χ2n) is 12.9. The molecule has 1 aromatic carbocycles. The number of allylic oxidation sites excluding steroid dienone is 6. The highest BCUT2D eigenvalue weighted by Gasteiger charge is 2.38. The first-order valence-electron chi connectivity index (χ1n) is 15.1. The van der Waals surface area contributed by atoms with Gasteiger partial charge in [-0.3, -0.25) is 14.4 Å². The van der Waals surface area contributed by atoms with Gasteiger partial charge in [0.05, 0.1) is 0 Å². The summed E-state index contributed by atoms with van der Waals surface area (Å²) in [4.78, 5) is 40.3. The fourth-order valence-electron chi connectivity index (χ4n) is 7.45. The number of Topliss-reactive ketones (excluding diaryl/α,β-unsaturated/α-hetero) is 3. The summed E-state index contributed by atoms with van der Waals surface area (Å²) in [5.41, 5.74) is 5.59. The maximum Gasteiger partial charge on any atom is 0.229 e. The molecule has 0 bridgehead atoms. The third-order valence-electron chi connectivity index (χ3n) is 9.99. The Balaban J connectivity index is 1.31. The molecule has 0 N–H and O–H groups in total. The van der Waals surface area contributed by atoms with E-state index in [0.717, 1.165) is 80.0 Å². The molecular weight excluding hydrogens is 468 g/mol. The van der Waals surface area contributed by atoms with Gasteiger partial charge in [0.25, 0.3) is 0 Å². The number of ketones is 3. The largest absolute Gasteiger partial charge is 0.294 e. The first-order chi connectivity index (χ1) is 18.2. The number of hydrogen-bond acceptors (Lipinski definition) is 3. The Morgan fingerprint density at radius 3 is 2.39 bits per heavy atom. The summed E-state index contributed by atoms with van der Waals surface area (Å²) in [5.74, 6) is 1.58. The van der Waals surface area contributed by atoms with Gasteiger partial charge in [0, 0.05) is 23.0 Å². The number of hydrogen-bond donors (Lipinski definition) is 0. The Morgan fingerprint density at radius 1 is 0.921 bits per heavy atom. The minimum absolute atomic E-state index is 0.00213. The van der Waals surface area contributed by atoms with Crippen LogP contribution in [0.2, 0.25) is 0 Å². The zero-order valence-electron chi connectivity index (χ0n) is 23.7.